The van der Waals surface area contributed by atoms with E-state index in [1.807, 2.05) is 10.8 Å². The van der Waals surface area contributed by atoms with E-state index in [4.69, 9.17) is 0 Å². The smallest absolute Gasteiger partial charge is 0.272 e. The van der Waals surface area contributed by atoms with Gasteiger partial charge in [0.25, 0.3) is 5.91 Å². The fraction of sp³-hybridized carbons (Fsp3) is 0.231. The number of aromatic nitrogens is 2. The molecule has 4 nitrogen and oxygen atoms in total. The summed E-state index contributed by atoms with van der Waals surface area (Å²) in [5, 5.41) is 2.71. The monoisotopic (exact) mass is 323 g/mol. The van der Waals surface area contributed by atoms with Crippen LogP contribution < -0.4 is 5.32 Å². The van der Waals surface area contributed by atoms with Crippen molar-refractivity contribution in [2.24, 2.45) is 0 Å². The predicted molar refractivity (Wildman–Crippen MR) is 72.6 cm³/mol. The van der Waals surface area contributed by atoms with Gasteiger partial charge in [0.15, 0.2) is 0 Å². The molecule has 0 saturated heterocycles. The predicted octanol–water partition coefficient (Wildman–Crippen LogP) is 3.37. The molecule has 0 spiro atoms. The summed E-state index contributed by atoms with van der Waals surface area (Å²) < 4.78 is 15.5. The molecule has 0 radical (unpaired) electrons. The summed E-state index contributed by atoms with van der Waals surface area (Å²) in [5.74, 6) is -0.784. The first-order chi connectivity index (χ1) is 9.13. The van der Waals surface area contributed by atoms with Crippen LogP contribution in [0.1, 0.15) is 29.4 Å². The van der Waals surface area contributed by atoms with Crippen molar-refractivity contribution in [2.45, 2.75) is 18.9 Å². The summed E-state index contributed by atoms with van der Waals surface area (Å²) in [5.41, 5.74) is 1.07. The van der Waals surface area contributed by atoms with Gasteiger partial charge in [-0.1, -0.05) is 0 Å². The van der Waals surface area contributed by atoms with Gasteiger partial charge in [-0.15, -0.1) is 0 Å². The zero-order valence-electron chi connectivity index (χ0n) is 9.94. The number of amides is 1. The maximum Gasteiger partial charge on any atom is 0.272 e. The number of nitrogens with zero attached hydrogens (tertiary/aromatic N) is 2. The van der Waals surface area contributed by atoms with Gasteiger partial charge in [-0.2, -0.15) is 4.39 Å². The van der Waals surface area contributed by atoms with Gasteiger partial charge in [-0.25, -0.2) is 4.98 Å². The maximum atomic E-state index is 12.7. The number of rotatable bonds is 3. The highest BCUT2D eigenvalue weighted by atomic mass is 79.9. The summed E-state index contributed by atoms with van der Waals surface area (Å²) in [6, 6.07) is 4.90. The van der Waals surface area contributed by atoms with E-state index in [-0.39, 0.29) is 5.91 Å². The van der Waals surface area contributed by atoms with Crippen molar-refractivity contribution < 1.29 is 9.18 Å². The molecule has 1 N–H and O–H groups in total. The van der Waals surface area contributed by atoms with Crippen LogP contribution in [0.5, 0.6) is 0 Å². The number of carbonyl (C=O) groups excluding carboxylic acids is 1. The highest BCUT2D eigenvalue weighted by Crippen LogP contribution is 2.37. The molecular weight excluding hydrogens is 313 g/mol. The van der Waals surface area contributed by atoms with Crippen LogP contribution in [0.3, 0.4) is 0 Å². The Morgan fingerprint density at radius 2 is 2.26 bits per heavy atom. The van der Waals surface area contributed by atoms with Crippen molar-refractivity contribution in [1.82, 2.24) is 9.55 Å². The van der Waals surface area contributed by atoms with Crippen LogP contribution in [0.15, 0.2) is 35.1 Å². The van der Waals surface area contributed by atoms with Gasteiger partial charge in [-0.05, 0) is 47.0 Å². The van der Waals surface area contributed by atoms with Gasteiger partial charge in [0.2, 0.25) is 5.95 Å². The molecule has 1 amide bonds. The Morgan fingerprint density at radius 1 is 1.47 bits per heavy atom. The van der Waals surface area contributed by atoms with E-state index in [1.165, 1.54) is 18.3 Å². The first-order valence-electron chi connectivity index (χ1n) is 5.94. The first kappa shape index (κ1) is 12.3. The average molecular weight is 324 g/mol. The molecule has 98 valence electrons. The number of hydrogen-bond acceptors (Lipinski definition) is 2. The molecule has 2 aromatic heterocycles. The molecule has 1 saturated carbocycles. The number of halogens is 2. The number of anilines is 1. The summed E-state index contributed by atoms with van der Waals surface area (Å²) in [4.78, 5) is 15.7. The standard InChI is InChI=1S/C13H11BrFN3O/c14-8-5-11(18(7-8)10-2-3-10)13(19)17-9-1-4-12(15)16-6-9/h1,4-7,10H,2-3H2,(H,17,19). The highest BCUT2D eigenvalue weighted by Gasteiger charge is 2.27. The van der Waals surface area contributed by atoms with E-state index in [0.717, 1.165) is 17.3 Å². The first-order valence-corrected chi connectivity index (χ1v) is 6.73. The van der Waals surface area contributed by atoms with Crippen molar-refractivity contribution in [2.75, 3.05) is 5.32 Å². The Morgan fingerprint density at radius 3 is 2.89 bits per heavy atom. The molecular formula is C13H11BrFN3O. The van der Waals surface area contributed by atoms with Crippen LogP contribution in [0, 0.1) is 5.95 Å². The van der Waals surface area contributed by atoms with E-state index in [0.29, 0.717) is 17.4 Å². The Balaban J connectivity index is 1.82. The Labute approximate surface area is 117 Å². The molecule has 19 heavy (non-hydrogen) atoms. The average Bonchev–Trinajstić information content (AvgIpc) is 3.15. The zero-order chi connectivity index (χ0) is 13.4. The SMILES string of the molecule is O=C(Nc1ccc(F)nc1)c1cc(Br)cn1C1CC1. The molecule has 6 heteroatoms. The van der Waals surface area contributed by atoms with Gasteiger partial charge >= 0.3 is 0 Å². The summed E-state index contributed by atoms with van der Waals surface area (Å²) in [7, 11) is 0. The van der Waals surface area contributed by atoms with Crippen LogP contribution in [0.2, 0.25) is 0 Å². The van der Waals surface area contributed by atoms with Crippen LogP contribution in [-0.4, -0.2) is 15.5 Å². The fourth-order valence-corrected chi connectivity index (χ4v) is 2.36. The lowest BCUT2D eigenvalue weighted by atomic mass is 10.3. The van der Waals surface area contributed by atoms with Gasteiger partial charge < -0.3 is 9.88 Å². The minimum absolute atomic E-state index is 0.217. The third-order valence-electron chi connectivity index (χ3n) is 2.97. The third kappa shape index (κ3) is 2.68. The fourth-order valence-electron chi connectivity index (χ4n) is 1.93. The number of hydrogen-bond donors (Lipinski definition) is 1. The molecule has 0 aliphatic heterocycles. The Kier molecular flexibility index (Phi) is 3.10. The minimum atomic E-state index is -0.568. The summed E-state index contributed by atoms with van der Waals surface area (Å²) in [6.07, 6.45) is 5.40. The maximum absolute atomic E-state index is 12.7. The van der Waals surface area contributed by atoms with E-state index < -0.39 is 5.95 Å². The molecule has 1 fully saturated rings. The van der Waals surface area contributed by atoms with Gasteiger partial charge in [-0.3, -0.25) is 4.79 Å². The lowest BCUT2D eigenvalue weighted by Crippen LogP contribution is -2.16. The van der Waals surface area contributed by atoms with Crippen LogP contribution >= 0.6 is 15.9 Å². The second-order valence-corrected chi connectivity index (χ2v) is 5.42. The van der Waals surface area contributed by atoms with Crippen molar-refractivity contribution in [3.8, 4) is 0 Å². The molecule has 1 aliphatic carbocycles. The van der Waals surface area contributed by atoms with Crippen LogP contribution in [0.25, 0.3) is 0 Å². The van der Waals surface area contributed by atoms with Crippen molar-refractivity contribution in [3.05, 3.63) is 46.7 Å². The van der Waals surface area contributed by atoms with E-state index >= 15 is 0 Å². The number of pyridine rings is 1. The van der Waals surface area contributed by atoms with Gasteiger partial charge in [0.1, 0.15) is 5.69 Å². The quantitative estimate of drug-likeness (QED) is 0.880. The molecule has 1 aliphatic rings. The molecule has 0 atom stereocenters. The Hall–Kier alpha value is -1.69. The van der Waals surface area contributed by atoms with E-state index in [2.05, 4.69) is 26.2 Å². The lowest BCUT2D eigenvalue weighted by molar-refractivity contribution is 0.101. The molecule has 3 rings (SSSR count). The van der Waals surface area contributed by atoms with E-state index in [1.54, 1.807) is 6.07 Å². The minimum Gasteiger partial charge on any atom is -0.339 e. The molecule has 0 aromatic carbocycles. The van der Waals surface area contributed by atoms with Crippen molar-refractivity contribution in [1.29, 1.82) is 0 Å². The number of carbonyl (C=O) groups is 1. The molecule has 0 unspecified atom stereocenters. The van der Waals surface area contributed by atoms with Gasteiger partial charge in [0.05, 0.1) is 11.9 Å². The van der Waals surface area contributed by atoms with E-state index in [9.17, 15) is 9.18 Å². The van der Waals surface area contributed by atoms with Gasteiger partial charge in [0, 0.05) is 16.7 Å². The molecule has 0 bridgehead atoms. The summed E-state index contributed by atoms with van der Waals surface area (Å²) in [6.45, 7) is 0. The Bertz CT molecular complexity index is 619. The molecule has 2 aromatic rings. The topological polar surface area (TPSA) is 46.9 Å². The highest BCUT2D eigenvalue weighted by molar-refractivity contribution is 9.10. The summed E-state index contributed by atoms with van der Waals surface area (Å²) >= 11 is 3.38. The lowest BCUT2D eigenvalue weighted by Gasteiger charge is -2.08. The molecule has 2 heterocycles. The van der Waals surface area contributed by atoms with Crippen LogP contribution in [0.4, 0.5) is 10.1 Å². The van der Waals surface area contributed by atoms with Crippen molar-refractivity contribution in [3.63, 3.8) is 0 Å². The second-order valence-electron chi connectivity index (χ2n) is 4.51. The third-order valence-corrected chi connectivity index (χ3v) is 3.41. The normalized spacial score (nSPS) is 14.4. The zero-order valence-corrected chi connectivity index (χ0v) is 11.5. The largest absolute Gasteiger partial charge is 0.339 e. The van der Waals surface area contributed by atoms with Crippen molar-refractivity contribution >= 4 is 27.5 Å². The van der Waals surface area contributed by atoms with Crippen LogP contribution in [-0.2, 0) is 0 Å². The number of nitrogens with one attached hydrogen (secondary N) is 1. The second kappa shape index (κ2) is 4.77.